The molecule has 0 bridgehead atoms. The number of unbranched alkanes of at least 4 members (excludes halogenated alkanes) is 4. The van der Waals surface area contributed by atoms with Crippen molar-refractivity contribution in [2.45, 2.75) is 225 Å². The minimum atomic E-state index is -1.41. The number of amides is 2. The molecule has 1 aromatic rings. The predicted molar refractivity (Wildman–Crippen MR) is 252 cm³/mol. The number of rotatable bonds is 20. The summed E-state index contributed by atoms with van der Waals surface area (Å²) in [6.45, 7) is 17.4. The Morgan fingerprint density at radius 3 is 2.29 bits per heavy atom. The first kappa shape index (κ1) is 51.8. The van der Waals surface area contributed by atoms with Crippen molar-refractivity contribution in [3.05, 3.63) is 52.6 Å². The molecule has 368 valence electrons. The molecule has 2 saturated carbocycles. The summed E-state index contributed by atoms with van der Waals surface area (Å²) in [4.78, 5) is 54.8. The Morgan fingerprint density at radius 1 is 0.955 bits per heavy atom. The summed E-state index contributed by atoms with van der Waals surface area (Å²) in [5.74, 6) is -2.33. The summed E-state index contributed by atoms with van der Waals surface area (Å²) < 4.78 is 31.8. The number of aliphatic hydroxyl groups is 2. The first-order valence-corrected chi connectivity index (χ1v) is 25.1. The predicted octanol–water partition coefficient (Wildman–Crippen LogP) is 8.42. The number of aliphatic hydroxyl groups excluding tert-OH is 2. The van der Waals surface area contributed by atoms with E-state index in [2.05, 4.69) is 51.3 Å². The van der Waals surface area contributed by atoms with Gasteiger partial charge in [0.25, 0.3) is 0 Å². The van der Waals surface area contributed by atoms with Crippen LogP contribution in [0.1, 0.15) is 181 Å². The molecule has 0 spiro atoms. The molecule has 1 unspecified atom stereocenters. The number of hydrogen-bond acceptors (Lipinski definition) is 11. The van der Waals surface area contributed by atoms with E-state index >= 15 is 0 Å². The minimum absolute atomic E-state index is 0.0202. The molecule has 13 heteroatoms. The molecule has 10 atom stereocenters. The second-order valence-corrected chi connectivity index (χ2v) is 21.7. The van der Waals surface area contributed by atoms with Crippen molar-refractivity contribution in [1.82, 2.24) is 10.6 Å². The van der Waals surface area contributed by atoms with Crippen LogP contribution >= 0.6 is 0 Å². The molecule has 2 aliphatic heterocycles. The van der Waals surface area contributed by atoms with E-state index in [4.69, 9.17) is 23.7 Å². The van der Waals surface area contributed by atoms with Gasteiger partial charge in [0.2, 0.25) is 11.8 Å². The molecule has 13 nitrogen and oxygen atoms in total. The van der Waals surface area contributed by atoms with Gasteiger partial charge >= 0.3 is 11.9 Å². The van der Waals surface area contributed by atoms with Gasteiger partial charge in [-0.25, -0.2) is 4.79 Å². The van der Waals surface area contributed by atoms with Crippen molar-refractivity contribution < 1.29 is 53.1 Å². The zero-order chi connectivity index (χ0) is 48.0. The van der Waals surface area contributed by atoms with E-state index in [0.29, 0.717) is 30.2 Å². The molecule has 1 aromatic carbocycles. The quantitative estimate of drug-likeness (QED) is 0.0560. The van der Waals surface area contributed by atoms with Crippen LogP contribution in [0.2, 0.25) is 0 Å². The third-order valence-corrected chi connectivity index (χ3v) is 14.7. The fraction of sp³-hybridized carbons (Fsp3) is 0.736. The lowest BCUT2D eigenvalue weighted by Crippen LogP contribution is -2.55. The van der Waals surface area contributed by atoms with Crippen LogP contribution in [0.4, 0.5) is 0 Å². The van der Waals surface area contributed by atoms with Crippen molar-refractivity contribution in [3.8, 4) is 0 Å². The molecular formula is C53H80N2O11. The fourth-order valence-electron chi connectivity index (χ4n) is 10.8. The van der Waals surface area contributed by atoms with Gasteiger partial charge in [-0.15, -0.1) is 0 Å². The van der Waals surface area contributed by atoms with Crippen LogP contribution in [0.25, 0.3) is 6.08 Å². The molecule has 2 amide bonds. The number of esters is 2. The monoisotopic (exact) mass is 921 g/mol. The molecular weight excluding hydrogens is 841 g/mol. The Hall–Kier alpha value is -3.62. The van der Waals surface area contributed by atoms with Gasteiger partial charge in [-0.1, -0.05) is 83.2 Å². The first-order valence-electron chi connectivity index (χ1n) is 25.1. The number of allylic oxidation sites excluding steroid dienone is 1. The smallest absolute Gasteiger partial charge is 0.339 e. The molecule has 6 rings (SSSR count). The standard InChI is InChI=1S/C53H80N2O11/c1-10-12-16-25-53(26-17-13-11-2)63-42-30-36(47(59)55-45(33(3)57)48(60)54-37(32-56)21-23-44(58)65-50(4,5)6)29-41(46(42)66-53)62-49(61)38-19-15-14-18-34(38)28-35-20-22-43-52(9,64-43)27-24-40-39(35)31-51(40,7)8/h14-15,18-19,28,30,33,37,39-43,45-46,56-57H,10-13,16-17,20-27,29,31-32H2,1-9H3,(H,54,60)(H,55,59)/t33-,37-,39+,40+,41+,42+,43?,45+,46-,52+/m0/s1. The van der Waals surface area contributed by atoms with Crippen LogP contribution < -0.4 is 10.6 Å². The molecule has 4 fully saturated rings. The number of carbonyl (C=O) groups excluding carboxylic acids is 4. The second kappa shape index (κ2) is 21.8. The van der Waals surface area contributed by atoms with Gasteiger partial charge in [-0.2, -0.15) is 0 Å². The zero-order valence-electron chi connectivity index (χ0n) is 41.2. The molecule has 66 heavy (non-hydrogen) atoms. The van der Waals surface area contributed by atoms with Gasteiger partial charge in [0.05, 0.1) is 36.0 Å². The van der Waals surface area contributed by atoms with Gasteiger partial charge < -0.3 is 44.5 Å². The lowest BCUT2D eigenvalue weighted by atomic mass is 9.52. The molecule has 4 N–H and O–H groups in total. The summed E-state index contributed by atoms with van der Waals surface area (Å²) in [7, 11) is 0. The van der Waals surface area contributed by atoms with E-state index in [9.17, 15) is 29.4 Å². The first-order chi connectivity index (χ1) is 31.2. The normalized spacial score (nSPS) is 29.4. The number of benzene rings is 1. The van der Waals surface area contributed by atoms with Gasteiger partial charge in [0, 0.05) is 31.3 Å². The lowest BCUT2D eigenvalue weighted by molar-refractivity contribution is -0.190. The van der Waals surface area contributed by atoms with E-state index in [1.807, 2.05) is 18.2 Å². The maximum absolute atomic E-state index is 14.6. The highest BCUT2D eigenvalue weighted by atomic mass is 16.8. The average Bonchev–Trinajstić information content (AvgIpc) is 3.73. The largest absolute Gasteiger partial charge is 0.460 e. The highest BCUT2D eigenvalue weighted by Crippen LogP contribution is 2.60. The second-order valence-electron chi connectivity index (χ2n) is 21.7. The minimum Gasteiger partial charge on any atom is -0.460 e. The Labute approximate surface area is 393 Å². The number of fused-ring (bicyclic) bond motifs is 3. The van der Waals surface area contributed by atoms with Crippen LogP contribution in [0.5, 0.6) is 0 Å². The number of carbonyl (C=O) groups is 4. The van der Waals surface area contributed by atoms with Gasteiger partial charge in [0.1, 0.15) is 30.0 Å². The number of hydrogen-bond donors (Lipinski definition) is 4. The van der Waals surface area contributed by atoms with Crippen molar-refractivity contribution in [2.75, 3.05) is 6.61 Å². The van der Waals surface area contributed by atoms with Crippen molar-refractivity contribution in [3.63, 3.8) is 0 Å². The third kappa shape index (κ3) is 12.9. The van der Waals surface area contributed by atoms with E-state index in [0.717, 1.165) is 76.2 Å². The van der Waals surface area contributed by atoms with E-state index < -0.39 is 78.2 Å². The summed E-state index contributed by atoms with van der Waals surface area (Å²) in [5.41, 5.74) is 2.30. The Bertz CT molecular complexity index is 1920. The summed E-state index contributed by atoms with van der Waals surface area (Å²) in [6.07, 6.45) is 12.8. The van der Waals surface area contributed by atoms with E-state index in [1.54, 1.807) is 32.9 Å². The lowest BCUT2D eigenvalue weighted by Gasteiger charge is -2.53. The van der Waals surface area contributed by atoms with Crippen molar-refractivity contribution >= 4 is 29.8 Å². The van der Waals surface area contributed by atoms with Crippen LogP contribution in [0.3, 0.4) is 0 Å². The number of ether oxygens (including phenoxy) is 5. The molecule has 0 aromatic heterocycles. The van der Waals surface area contributed by atoms with Crippen LogP contribution in [0, 0.1) is 17.3 Å². The van der Waals surface area contributed by atoms with E-state index in [1.165, 1.54) is 12.5 Å². The summed E-state index contributed by atoms with van der Waals surface area (Å²) >= 11 is 0. The molecule has 3 aliphatic carbocycles. The van der Waals surface area contributed by atoms with Crippen LogP contribution in [0.15, 0.2) is 41.5 Å². The van der Waals surface area contributed by atoms with E-state index in [-0.39, 0.29) is 42.0 Å². The Balaban J connectivity index is 1.24. The number of nitrogens with one attached hydrogen (secondary N) is 2. The summed E-state index contributed by atoms with van der Waals surface area (Å²) in [6, 6.07) is 5.30. The average molecular weight is 921 g/mol. The molecule has 5 aliphatic rings. The van der Waals surface area contributed by atoms with Gasteiger partial charge in [-0.05, 0) is 121 Å². The van der Waals surface area contributed by atoms with Gasteiger partial charge in [0.15, 0.2) is 5.79 Å². The zero-order valence-corrected chi connectivity index (χ0v) is 41.2. The highest BCUT2D eigenvalue weighted by molar-refractivity contribution is 5.98. The van der Waals surface area contributed by atoms with Crippen LogP contribution in [-0.4, -0.2) is 100 Å². The van der Waals surface area contributed by atoms with Crippen LogP contribution in [-0.2, 0) is 38.1 Å². The van der Waals surface area contributed by atoms with Crippen molar-refractivity contribution in [1.29, 1.82) is 0 Å². The fourth-order valence-corrected chi connectivity index (χ4v) is 10.8. The summed E-state index contributed by atoms with van der Waals surface area (Å²) in [5, 5.41) is 26.2. The molecule has 2 saturated heterocycles. The maximum Gasteiger partial charge on any atom is 0.339 e. The molecule has 0 radical (unpaired) electrons. The Kier molecular flexibility index (Phi) is 17.1. The van der Waals surface area contributed by atoms with Gasteiger partial charge in [-0.3, -0.25) is 14.4 Å². The number of epoxide rings is 1. The Morgan fingerprint density at radius 2 is 1.65 bits per heavy atom. The topological polar surface area (TPSA) is 182 Å². The third-order valence-electron chi connectivity index (χ3n) is 14.7. The van der Waals surface area contributed by atoms with Crippen molar-refractivity contribution in [2.24, 2.45) is 17.3 Å². The molecule has 2 heterocycles. The highest BCUT2D eigenvalue weighted by Gasteiger charge is 2.56. The SMILES string of the molecule is CCCCCC1(CCCCC)O[C@@H]2[C@@H](C=C(C(=O)N[C@@H](C(=O)N[C@H](CO)CCC(=O)OC(C)(C)C)[C@H](C)O)C[C@H]2OC(=O)c2ccccc2C=C2CCC3O[C@]3(C)CC[C@@H]3[C@@H]2CC3(C)C)O1. The maximum atomic E-state index is 14.6.